The molecule has 1 fully saturated rings. The number of alkyl halides is 3. The van der Waals surface area contributed by atoms with Crippen molar-refractivity contribution in [3.05, 3.63) is 73.5 Å². The molecule has 2 N–H and O–H groups in total. The zero-order valence-corrected chi connectivity index (χ0v) is 27.5. The maximum absolute atomic E-state index is 13.5. The van der Waals surface area contributed by atoms with Crippen LogP contribution >= 0.6 is 0 Å². The number of nitrogens with zero attached hydrogens (tertiary/aromatic N) is 2. The van der Waals surface area contributed by atoms with Crippen molar-refractivity contribution in [3.63, 3.8) is 0 Å². The molecule has 0 aromatic carbocycles. The molecule has 1 amide bonds. The Morgan fingerprint density at radius 3 is 2.62 bits per heavy atom. The molecule has 1 unspecified atom stereocenters. The zero-order valence-electron chi connectivity index (χ0n) is 21.3. The number of ether oxygens (including phenoxy) is 1. The van der Waals surface area contributed by atoms with E-state index in [2.05, 4.69) is 42.4 Å². The number of allylic oxidation sites excluding steroid dienone is 1. The normalized spacial score (nSPS) is 16.0. The van der Waals surface area contributed by atoms with Gasteiger partial charge >= 0.3 is 75.1 Å². The topological polar surface area (TPSA) is 66.5 Å². The molecular formula is C26H31CsF4N4O2. The molecule has 6 nitrogen and oxygen atoms in total. The number of rotatable bonds is 12. The molecule has 1 aromatic rings. The summed E-state index contributed by atoms with van der Waals surface area (Å²) in [5.74, 6) is -0.373. The van der Waals surface area contributed by atoms with Gasteiger partial charge in [-0.25, -0.2) is 9.37 Å². The maximum atomic E-state index is 13.5. The van der Waals surface area contributed by atoms with E-state index in [1.807, 2.05) is 0 Å². The number of halogens is 4. The van der Waals surface area contributed by atoms with Gasteiger partial charge in [0.15, 0.2) is 0 Å². The van der Waals surface area contributed by atoms with Crippen LogP contribution in [0.1, 0.15) is 35.4 Å². The Hall–Kier alpha value is -1.19. The minimum atomic E-state index is -4.74. The van der Waals surface area contributed by atoms with E-state index < -0.39 is 17.4 Å². The molecule has 0 saturated carbocycles. The Morgan fingerprint density at radius 2 is 2.08 bits per heavy atom. The molecule has 2 heterocycles. The largest absolute Gasteiger partial charge is 1.00 e. The Balaban J connectivity index is 0.00000684. The average Bonchev–Trinajstić information content (AvgIpc) is 3.37. The Morgan fingerprint density at radius 1 is 1.38 bits per heavy atom. The van der Waals surface area contributed by atoms with Crippen LogP contribution in [-0.2, 0) is 9.53 Å². The second kappa shape index (κ2) is 16.0. The first-order chi connectivity index (χ1) is 17.0. The number of carbonyl (C=O) groups is 1. The molecule has 37 heavy (non-hydrogen) atoms. The van der Waals surface area contributed by atoms with Crippen LogP contribution in [0.4, 0.5) is 17.6 Å². The third-order valence-electron chi connectivity index (χ3n) is 5.42. The van der Waals surface area contributed by atoms with Crippen LogP contribution in [0, 0.1) is 13.0 Å². The van der Waals surface area contributed by atoms with Crippen LogP contribution in [0.25, 0.3) is 23.4 Å². The molecule has 0 spiro atoms. The summed E-state index contributed by atoms with van der Waals surface area (Å²) in [7, 11) is 5.42. The summed E-state index contributed by atoms with van der Waals surface area (Å²) in [6.07, 6.45) is 0.817. The first-order valence-electron chi connectivity index (χ1n) is 11.2. The van der Waals surface area contributed by atoms with Crippen molar-refractivity contribution in [3.8, 4) is 0 Å². The van der Waals surface area contributed by atoms with Gasteiger partial charge in [0.05, 0.1) is 29.5 Å². The summed E-state index contributed by atoms with van der Waals surface area (Å²) < 4.78 is 59.3. The number of hydrogen-bond acceptors (Lipinski definition) is 5. The molecule has 0 radical (unpaired) electrons. The van der Waals surface area contributed by atoms with Crippen LogP contribution in [-0.4, -0.2) is 55.3 Å². The van der Waals surface area contributed by atoms with Crippen molar-refractivity contribution >= 4 is 29.3 Å². The standard InChI is InChI=1S/C26H31F4N4O2.Cs/c1-6-22-23(18(3)32-21(15-27)9-12-34(4)5)14-20(33-24(22)17(2)26(28,29)30)8-7-11-31-25(35)19-10-13-36-16-19;/h6-8,14-15,19,32H,1-4,9-13,16H2,5H3,(H,31,35);/q-1;+1/b8-7+,21-15-;. The van der Waals surface area contributed by atoms with Gasteiger partial charge in [0.25, 0.3) is 0 Å². The van der Waals surface area contributed by atoms with E-state index in [0.29, 0.717) is 32.5 Å². The van der Waals surface area contributed by atoms with Crippen molar-refractivity contribution < 1.29 is 96.0 Å². The van der Waals surface area contributed by atoms with Crippen LogP contribution in [0.2, 0.25) is 0 Å². The van der Waals surface area contributed by atoms with Gasteiger partial charge in [-0.3, -0.25) is 11.8 Å². The molecule has 1 aromatic heterocycles. The predicted molar refractivity (Wildman–Crippen MR) is 134 cm³/mol. The molecule has 1 aliphatic heterocycles. The van der Waals surface area contributed by atoms with Crippen LogP contribution in [0.5, 0.6) is 0 Å². The third-order valence-corrected chi connectivity index (χ3v) is 5.42. The molecular weight excluding hydrogens is 609 g/mol. The average molecular weight is 640 g/mol. The number of hydrogen-bond donors (Lipinski definition) is 2. The predicted octanol–water partition coefficient (Wildman–Crippen LogP) is 1.95. The van der Waals surface area contributed by atoms with E-state index in [9.17, 15) is 22.4 Å². The van der Waals surface area contributed by atoms with E-state index in [0.717, 1.165) is 0 Å². The maximum Gasteiger partial charge on any atom is 1.00 e. The van der Waals surface area contributed by atoms with Crippen molar-refractivity contribution in [2.45, 2.75) is 19.0 Å². The Bertz CT molecular complexity index is 1050. The third kappa shape index (κ3) is 10.5. The summed E-state index contributed by atoms with van der Waals surface area (Å²) in [4.78, 5) is 17.8. The van der Waals surface area contributed by atoms with E-state index in [-0.39, 0.29) is 122 Å². The quantitative estimate of drug-likeness (QED) is 0.271. The van der Waals surface area contributed by atoms with Crippen molar-refractivity contribution in [2.24, 2.45) is 5.92 Å². The number of amides is 1. The molecule has 0 aliphatic carbocycles. The second-order valence-electron chi connectivity index (χ2n) is 8.31. The van der Waals surface area contributed by atoms with Crippen molar-refractivity contribution in [1.29, 1.82) is 0 Å². The Kier molecular flexibility index (Phi) is 14.7. The molecule has 1 aliphatic rings. The van der Waals surface area contributed by atoms with Crippen LogP contribution < -0.4 is 79.5 Å². The van der Waals surface area contributed by atoms with Gasteiger partial charge in [0.1, 0.15) is 6.33 Å². The van der Waals surface area contributed by atoms with Crippen molar-refractivity contribution in [1.82, 2.24) is 20.5 Å². The fourth-order valence-corrected chi connectivity index (χ4v) is 3.42. The van der Waals surface area contributed by atoms with E-state index in [1.165, 1.54) is 18.2 Å². The van der Waals surface area contributed by atoms with Gasteiger partial charge in [0.2, 0.25) is 5.91 Å². The molecule has 1 saturated heterocycles. The van der Waals surface area contributed by atoms with Crippen molar-refractivity contribution in [2.75, 3.05) is 33.4 Å². The number of pyridine rings is 1. The molecule has 11 heteroatoms. The smallest absolute Gasteiger partial charge is 0.461 e. The Labute approximate surface area is 274 Å². The molecule has 1 atom stereocenters. The molecule has 0 bridgehead atoms. The molecule has 2 rings (SSSR count). The van der Waals surface area contributed by atoms with Gasteiger partial charge in [-0.1, -0.05) is 31.9 Å². The number of aromatic nitrogens is 1. The van der Waals surface area contributed by atoms with E-state index in [1.54, 1.807) is 18.0 Å². The SMILES string of the molecule is C=Cc1c(C(=C)N/C(=C\F)CCN([CH2-])C)cc(/C=C/CNC(=O)C2CCOC2)nc1C(=C)C(F)(F)F.[Cs+]. The van der Waals surface area contributed by atoms with Crippen LogP contribution in [0.3, 0.4) is 0 Å². The molecule has 196 valence electrons. The van der Waals surface area contributed by atoms with Gasteiger partial charge in [-0.15, -0.1) is 0 Å². The fourth-order valence-electron chi connectivity index (χ4n) is 3.42. The number of carbonyl (C=O) groups excluding carboxylic acids is 1. The summed E-state index contributed by atoms with van der Waals surface area (Å²) in [5.41, 5.74) is -0.786. The zero-order chi connectivity index (χ0) is 26.9. The minimum Gasteiger partial charge on any atom is -0.461 e. The van der Waals surface area contributed by atoms with Gasteiger partial charge in [0, 0.05) is 42.1 Å². The summed E-state index contributed by atoms with van der Waals surface area (Å²) in [5, 5.41) is 5.55. The summed E-state index contributed by atoms with van der Waals surface area (Å²) >= 11 is 0. The van der Waals surface area contributed by atoms with E-state index in [4.69, 9.17) is 4.74 Å². The summed E-state index contributed by atoms with van der Waals surface area (Å²) in [6, 6.07) is 1.51. The fraction of sp³-hybridized carbons (Fsp3) is 0.346. The van der Waals surface area contributed by atoms with E-state index >= 15 is 0 Å². The monoisotopic (exact) mass is 640 g/mol. The second-order valence-corrected chi connectivity index (χ2v) is 8.31. The first-order valence-corrected chi connectivity index (χ1v) is 11.2. The van der Waals surface area contributed by atoms with Gasteiger partial charge in [-0.2, -0.15) is 13.2 Å². The summed E-state index contributed by atoms with van der Waals surface area (Å²) in [6.45, 7) is 12.2. The first kappa shape index (κ1) is 33.8. The minimum absolute atomic E-state index is 0. The van der Waals surface area contributed by atoms with Gasteiger partial charge in [-0.05, 0) is 32.2 Å². The number of nitrogens with one attached hydrogen (secondary N) is 2. The van der Waals surface area contributed by atoms with Crippen LogP contribution in [0.15, 0.2) is 43.9 Å². The van der Waals surface area contributed by atoms with Gasteiger partial charge < -0.3 is 20.3 Å².